The fourth-order valence-electron chi connectivity index (χ4n) is 0.416. The Bertz CT molecular complexity index is 103. The van der Waals surface area contributed by atoms with Gasteiger partial charge in [-0.15, -0.1) is 0 Å². The van der Waals surface area contributed by atoms with Crippen LogP contribution in [0, 0.1) is 5.92 Å². The van der Waals surface area contributed by atoms with Gasteiger partial charge in [0.15, 0.2) is 0 Å². The van der Waals surface area contributed by atoms with Gasteiger partial charge < -0.3 is 0 Å². The summed E-state index contributed by atoms with van der Waals surface area (Å²) < 4.78 is 1.20. The maximum absolute atomic E-state index is 2.39. The zero-order valence-electron chi connectivity index (χ0n) is 5.97. The van der Waals surface area contributed by atoms with E-state index in [2.05, 4.69) is 47.7 Å². The molecule has 0 nitrogen and oxygen atoms in total. The SMILES string of the molecule is C/C=C/C=C/[C@@H](C)CI. The minimum atomic E-state index is 0.710. The van der Waals surface area contributed by atoms with Gasteiger partial charge in [-0.05, 0) is 12.8 Å². The number of rotatable bonds is 3. The quantitative estimate of drug-likeness (QED) is 0.401. The van der Waals surface area contributed by atoms with Crippen molar-refractivity contribution in [2.75, 3.05) is 4.43 Å². The van der Waals surface area contributed by atoms with Crippen molar-refractivity contribution in [1.82, 2.24) is 0 Å². The highest BCUT2D eigenvalue weighted by Gasteiger charge is 1.88. The number of hydrogen-bond donors (Lipinski definition) is 0. The third kappa shape index (κ3) is 6.09. The van der Waals surface area contributed by atoms with Gasteiger partial charge in [-0.1, -0.05) is 53.8 Å². The molecule has 0 radical (unpaired) electrons. The summed E-state index contributed by atoms with van der Waals surface area (Å²) in [7, 11) is 0. The van der Waals surface area contributed by atoms with Gasteiger partial charge in [-0.25, -0.2) is 0 Å². The smallest absolute Gasteiger partial charge is 0.00558 e. The van der Waals surface area contributed by atoms with Gasteiger partial charge in [-0.3, -0.25) is 0 Å². The normalized spacial score (nSPS) is 15.4. The zero-order chi connectivity index (χ0) is 7.11. The molecule has 0 unspecified atom stereocenters. The number of halogens is 1. The Hall–Kier alpha value is 0.210. The van der Waals surface area contributed by atoms with Crippen LogP contribution in [0.25, 0.3) is 0 Å². The first kappa shape index (κ1) is 9.21. The molecule has 0 heterocycles. The molecule has 0 aromatic carbocycles. The third-order valence-corrected chi connectivity index (χ3v) is 2.38. The summed E-state index contributed by atoms with van der Waals surface area (Å²) in [5, 5.41) is 0. The van der Waals surface area contributed by atoms with Crippen molar-refractivity contribution in [3.63, 3.8) is 0 Å². The molecule has 0 amide bonds. The van der Waals surface area contributed by atoms with E-state index in [1.54, 1.807) is 0 Å². The van der Waals surface area contributed by atoms with E-state index in [1.165, 1.54) is 4.43 Å². The van der Waals surface area contributed by atoms with E-state index in [1.807, 2.05) is 13.0 Å². The molecular weight excluding hydrogens is 223 g/mol. The summed E-state index contributed by atoms with van der Waals surface area (Å²) in [5.74, 6) is 0.710. The van der Waals surface area contributed by atoms with Crippen molar-refractivity contribution in [1.29, 1.82) is 0 Å². The number of hydrogen-bond acceptors (Lipinski definition) is 0. The highest BCUT2D eigenvalue weighted by atomic mass is 127. The lowest BCUT2D eigenvalue weighted by molar-refractivity contribution is 0.862. The molecule has 0 bridgehead atoms. The Morgan fingerprint density at radius 3 is 2.56 bits per heavy atom. The van der Waals surface area contributed by atoms with Crippen LogP contribution in [0.1, 0.15) is 13.8 Å². The minimum Gasteiger partial charge on any atom is -0.0877 e. The second kappa shape index (κ2) is 6.33. The van der Waals surface area contributed by atoms with Crippen molar-refractivity contribution in [2.24, 2.45) is 5.92 Å². The number of alkyl halides is 1. The van der Waals surface area contributed by atoms with Crippen LogP contribution in [-0.2, 0) is 0 Å². The maximum Gasteiger partial charge on any atom is 0.00558 e. The van der Waals surface area contributed by atoms with Crippen molar-refractivity contribution in [2.45, 2.75) is 13.8 Å². The predicted molar refractivity (Wildman–Crippen MR) is 52.0 cm³/mol. The van der Waals surface area contributed by atoms with E-state index in [0.29, 0.717) is 5.92 Å². The van der Waals surface area contributed by atoms with Gasteiger partial charge in [0.05, 0.1) is 0 Å². The largest absolute Gasteiger partial charge is 0.0877 e. The van der Waals surface area contributed by atoms with Gasteiger partial charge in [-0.2, -0.15) is 0 Å². The Morgan fingerprint density at radius 2 is 2.11 bits per heavy atom. The molecule has 0 aliphatic rings. The van der Waals surface area contributed by atoms with Crippen LogP contribution in [0.4, 0.5) is 0 Å². The first-order valence-corrected chi connectivity index (χ1v) is 4.69. The van der Waals surface area contributed by atoms with Crippen LogP contribution in [-0.4, -0.2) is 4.43 Å². The fourth-order valence-corrected chi connectivity index (χ4v) is 0.710. The summed E-state index contributed by atoms with van der Waals surface area (Å²) in [6.45, 7) is 4.24. The van der Waals surface area contributed by atoms with E-state index < -0.39 is 0 Å². The van der Waals surface area contributed by atoms with Crippen molar-refractivity contribution < 1.29 is 0 Å². The molecule has 9 heavy (non-hydrogen) atoms. The molecular formula is C8H13I. The van der Waals surface area contributed by atoms with Gasteiger partial charge in [0, 0.05) is 4.43 Å². The molecule has 0 aliphatic carbocycles. The predicted octanol–water partition coefficient (Wildman–Crippen LogP) is 3.19. The minimum absolute atomic E-state index is 0.710. The first-order chi connectivity index (χ1) is 4.31. The average molecular weight is 236 g/mol. The molecule has 0 fully saturated rings. The lowest BCUT2D eigenvalue weighted by atomic mass is 10.2. The van der Waals surface area contributed by atoms with Crippen molar-refractivity contribution >= 4 is 22.6 Å². The summed E-state index contributed by atoms with van der Waals surface area (Å²) >= 11 is 2.39. The lowest BCUT2D eigenvalue weighted by Crippen LogP contribution is -1.86. The van der Waals surface area contributed by atoms with Gasteiger partial charge >= 0.3 is 0 Å². The number of allylic oxidation sites excluding steroid dienone is 4. The monoisotopic (exact) mass is 236 g/mol. The van der Waals surface area contributed by atoms with Crippen LogP contribution in [0.5, 0.6) is 0 Å². The van der Waals surface area contributed by atoms with E-state index in [-0.39, 0.29) is 0 Å². The van der Waals surface area contributed by atoms with E-state index in [9.17, 15) is 0 Å². The molecule has 0 aromatic rings. The summed E-state index contributed by atoms with van der Waals surface area (Å²) in [5.41, 5.74) is 0. The molecule has 0 N–H and O–H groups in total. The molecule has 52 valence electrons. The third-order valence-electron chi connectivity index (χ3n) is 0.987. The maximum atomic E-state index is 2.39. The summed E-state index contributed by atoms with van der Waals surface area (Å²) in [4.78, 5) is 0. The lowest BCUT2D eigenvalue weighted by Gasteiger charge is -1.94. The van der Waals surface area contributed by atoms with Crippen LogP contribution in [0.2, 0.25) is 0 Å². The van der Waals surface area contributed by atoms with Crippen molar-refractivity contribution in [3.8, 4) is 0 Å². The molecule has 0 spiro atoms. The van der Waals surface area contributed by atoms with E-state index >= 15 is 0 Å². The fraction of sp³-hybridized carbons (Fsp3) is 0.500. The zero-order valence-corrected chi connectivity index (χ0v) is 8.13. The highest BCUT2D eigenvalue weighted by molar-refractivity contribution is 14.1. The first-order valence-electron chi connectivity index (χ1n) is 3.16. The highest BCUT2D eigenvalue weighted by Crippen LogP contribution is 2.01. The molecule has 0 saturated carbocycles. The molecule has 1 atom stereocenters. The Kier molecular flexibility index (Phi) is 6.48. The van der Waals surface area contributed by atoms with Crippen LogP contribution in [0.15, 0.2) is 24.3 Å². The van der Waals surface area contributed by atoms with Gasteiger partial charge in [0.2, 0.25) is 0 Å². The van der Waals surface area contributed by atoms with Crippen molar-refractivity contribution in [3.05, 3.63) is 24.3 Å². The average Bonchev–Trinajstić information content (AvgIpc) is 1.89. The summed E-state index contributed by atoms with van der Waals surface area (Å²) in [6, 6.07) is 0. The van der Waals surface area contributed by atoms with E-state index in [4.69, 9.17) is 0 Å². The standard InChI is InChI=1S/C8H13I/c1-3-4-5-6-8(2)7-9/h3-6,8H,7H2,1-2H3/b4-3+,6-5+/t8-/m1/s1. The Balaban J connectivity index is 3.43. The van der Waals surface area contributed by atoms with E-state index in [0.717, 1.165) is 0 Å². The molecule has 0 aromatic heterocycles. The second-order valence-corrected chi connectivity index (χ2v) is 2.92. The van der Waals surface area contributed by atoms with Gasteiger partial charge in [0.1, 0.15) is 0 Å². The van der Waals surface area contributed by atoms with Crippen LogP contribution >= 0.6 is 22.6 Å². The summed E-state index contributed by atoms with van der Waals surface area (Å²) in [6.07, 6.45) is 8.41. The molecule has 0 aliphatic heterocycles. The molecule has 1 heteroatoms. The topological polar surface area (TPSA) is 0 Å². The van der Waals surface area contributed by atoms with Crippen LogP contribution < -0.4 is 0 Å². The van der Waals surface area contributed by atoms with Crippen LogP contribution in [0.3, 0.4) is 0 Å². The van der Waals surface area contributed by atoms with Gasteiger partial charge in [0.25, 0.3) is 0 Å². The Labute approximate surface area is 71.2 Å². The second-order valence-electron chi connectivity index (χ2n) is 2.04. The molecule has 0 rings (SSSR count). The molecule has 0 saturated heterocycles. The Morgan fingerprint density at radius 1 is 1.44 bits per heavy atom.